The summed E-state index contributed by atoms with van der Waals surface area (Å²) in [5.41, 5.74) is 2.72. The summed E-state index contributed by atoms with van der Waals surface area (Å²) >= 11 is 1.33. The molecule has 0 radical (unpaired) electrons. The van der Waals surface area contributed by atoms with E-state index in [9.17, 15) is 4.79 Å². The summed E-state index contributed by atoms with van der Waals surface area (Å²) in [6, 6.07) is 19.5. The molecule has 4 rings (SSSR count). The first kappa shape index (κ1) is 22.6. The van der Waals surface area contributed by atoms with Gasteiger partial charge in [0.1, 0.15) is 11.6 Å². The van der Waals surface area contributed by atoms with Gasteiger partial charge in [0.2, 0.25) is 11.8 Å². The van der Waals surface area contributed by atoms with Gasteiger partial charge in [-0.15, -0.1) is 10.2 Å². The zero-order chi connectivity index (χ0) is 23.2. The number of hydrogen-bond acceptors (Lipinski definition) is 7. The van der Waals surface area contributed by atoms with Crippen LogP contribution >= 0.6 is 11.8 Å². The van der Waals surface area contributed by atoms with Gasteiger partial charge in [0.15, 0.2) is 5.16 Å². The van der Waals surface area contributed by atoms with E-state index in [1.165, 1.54) is 11.8 Å². The minimum absolute atomic E-state index is 0.206. The predicted octanol–water partition coefficient (Wildman–Crippen LogP) is 4.67. The van der Waals surface area contributed by atoms with Gasteiger partial charge in [-0.2, -0.15) is 0 Å². The maximum absolute atomic E-state index is 12.7. The van der Waals surface area contributed by atoms with E-state index in [0.29, 0.717) is 29.8 Å². The van der Waals surface area contributed by atoms with Crippen molar-refractivity contribution in [3.63, 3.8) is 0 Å². The van der Waals surface area contributed by atoms with Gasteiger partial charge in [-0.3, -0.25) is 14.7 Å². The third-order valence-electron chi connectivity index (χ3n) is 4.84. The molecule has 2 heterocycles. The maximum Gasteiger partial charge on any atom is 0.240 e. The van der Waals surface area contributed by atoms with Crippen LogP contribution in [0.25, 0.3) is 5.69 Å². The van der Waals surface area contributed by atoms with E-state index in [1.54, 1.807) is 13.0 Å². The fourth-order valence-corrected chi connectivity index (χ4v) is 4.13. The standard InChI is InChI=1S/C24H25N5O3S/c1-4-31-20-12-10-19(11-13-20)29-21(15-18-8-6-5-7-9-18)26-27-24(29)33-17(3)23(30)25-22-14-16(2)28-32-22/h5-14,17H,4,15H2,1-3H3,(H,25,30). The zero-order valence-corrected chi connectivity index (χ0v) is 19.5. The van der Waals surface area contributed by atoms with Crippen LogP contribution in [0.5, 0.6) is 5.75 Å². The number of anilines is 1. The van der Waals surface area contributed by atoms with E-state index in [2.05, 4.69) is 32.8 Å². The highest BCUT2D eigenvalue weighted by Gasteiger charge is 2.22. The van der Waals surface area contributed by atoms with Gasteiger partial charge in [0.25, 0.3) is 0 Å². The van der Waals surface area contributed by atoms with Gasteiger partial charge >= 0.3 is 0 Å². The first-order valence-corrected chi connectivity index (χ1v) is 11.5. The van der Waals surface area contributed by atoms with Crippen molar-refractivity contribution in [2.24, 2.45) is 0 Å². The number of aromatic nitrogens is 4. The molecule has 1 N–H and O–H groups in total. The summed E-state index contributed by atoms with van der Waals surface area (Å²) in [5, 5.41) is 15.6. The number of rotatable bonds is 9. The molecule has 170 valence electrons. The van der Waals surface area contributed by atoms with Crippen LogP contribution < -0.4 is 10.1 Å². The molecule has 1 unspecified atom stereocenters. The van der Waals surface area contributed by atoms with Crippen molar-refractivity contribution in [2.45, 2.75) is 37.6 Å². The number of nitrogens with zero attached hydrogens (tertiary/aromatic N) is 4. The lowest BCUT2D eigenvalue weighted by atomic mass is 10.1. The summed E-state index contributed by atoms with van der Waals surface area (Å²) < 4.78 is 12.7. The molecule has 0 aliphatic rings. The van der Waals surface area contributed by atoms with Crippen molar-refractivity contribution in [1.29, 1.82) is 0 Å². The first-order valence-electron chi connectivity index (χ1n) is 10.7. The summed E-state index contributed by atoms with van der Waals surface area (Å²) in [6.07, 6.45) is 0.611. The Labute approximate surface area is 196 Å². The van der Waals surface area contributed by atoms with E-state index in [4.69, 9.17) is 9.26 Å². The van der Waals surface area contributed by atoms with Crippen LogP contribution in [0.1, 0.15) is 30.9 Å². The van der Waals surface area contributed by atoms with Crippen LogP contribution in [0.3, 0.4) is 0 Å². The van der Waals surface area contributed by atoms with E-state index < -0.39 is 5.25 Å². The number of aryl methyl sites for hydroxylation is 1. The third kappa shape index (κ3) is 5.61. The Kier molecular flexibility index (Phi) is 7.09. The SMILES string of the molecule is CCOc1ccc(-n2c(Cc3ccccc3)nnc2SC(C)C(=O)Nc2cc(C)no2)cc1. The van der Waals surface area contributed by atoms with Crippen molar-refractivity contribution in [1.82, 2.24) is 19.9 Å². The number of amides is 1. The summed E-state index contributed by atoms with van der Waals surface area (Å²) in [6.45, 7) is 6.17. The van der Waals surface area contributed by atoms with Gasteiger partial charge < -0.3 is 9.26 Å². The number of hydrogen-bond donors (Lipinski definition) is 1. The molecule has 0 fully saturated rings. The van der Waals surface area contributed by atoms with Crippen molar-refractivity contribution >= 4 is 23.6 Å². The molecule has 9 heteroatoms. The molecule has 33 heavy (non-hydrogen) atoms. The summed E-state index contributed by atoms with van der Waals surface area (Å²) in [7, 11) is 0. The highest BCUT2D eigenvalue weighted by Crippen LogP contribution is 2.28. The second-order valence-electron chi connectivity index (χ2n) is 7.41. The number of nitrogens with one attached hydrogen (secondary N) is 1. The quantitative estimate of drug-likeness (QED) is 0.360. The highest BCUT2D eigenvalue weighted by atomic mass is 32.2. The molecule has 0 spiro atoms. The fraction of sp³-hybridized carbons (Fsp3) is 0.250. The monoisotopic (exact) mass is 463 g/mol. The zero-order valence-electron chi connectivity index (χ0n) is 18.7. The van der Waals surface area contributed by atoms with Gasteiger partial charge in [0.05, 0.1) is 17.6 Å². The van der Waals surface area contributed by atoms with Crippen molar-refractivity contribution in [3.8, 4) is 11.4 Å². The number of benzene rings is 2. The van der Waals surface area contributed by atoms with Crippen LogP contribution in [-0.2, 0) is 11.2 Å². The number of carbonyl (C=O) groups is 1. The number of thioether (sulfide) groups is 1. The molecule has 2 aromatic carbocycles. The van der Waals surface area contributed by atoms with E-state index in [0.717, 1.165) is 22.8 Å². The molecule has 2 aromatic heterocycles. The molecule has 1 amide bonds. The fourth-order valence-electron chi connectivity index (χ4n) is 3.24. The molecular formula is C24H25N5O3S. The normalized spacial score (nSPS) is 11.8. The average Bonchev–Trinajstić information content (AvgIpc) is 3.40. The molecule has 0 aliphatic carbocycles. The number of carbonyl (C=O) groups excluding carboxylic acids is 1. The Morgan fingerprint density at radius 3 is 2.58 bits per heavy atom. The predicted molar refractivity (Wildman–Crippen MR) is 127 cm³/mol. The molecule has 0 saturated heterocycles. The molecule has 0 aliphatic heterocycles. The lowest BCUT2D eigenvalue weighted by Crippen LogP contribution is -2.22. The van der Waals surface area contributed by atoms with E-state index in [-0.39, 0.29) is 5.91 Å². The van der Waals surface area contributed by atoms with E-state index >= 15 is 0 Å². The Bertz CT molecular complexity index is 1200. The van der Waals surface area contributed by atoms with Gasteiger partial charge in [-0.05, 0) is 50.6 Å². The van der Waals surface area contributed by atoms with Crippen LogP contribution in [0.15, 0.2) is 70.3 Å². The maximum atomic E-state index is 12.7. The van der Waals surface area contributed by atoms with Crippen LogP contribution in [-0.4, -0.2) is 37.7 Å². The smallest absolute Gasteiger partial charge is 0.240 e. The lowest BCUT2D eigenvalue weighted by Gasteiger charge is -2.14. The Balaban J connectivity index is 1.60. The van der Waals surface area contributed by atoms with Gasteiger partial charge in [-0.25, -0.2) is 0 Å². The molecule has 1 atom stereocenters. The topological polar surface area (TPSA) is 95.1 Å². The largest absolute Gasteiger partial charge is 0.494 e. The summed E-state index contributed by atoms with van der Waals surface area (Å²) in [5.74, 6) is 1.69. The van der Waals surface area contributed by atoms with Crippen molar-refractivity contribution in [2.75, 3.05) is 11.9 Å². The highest BCUT2D eigenvalue weighted by molar-refractivity contribution is 8.00. The van der Waals surface area contributed by atoms with Crippen LogP contribution in [0.2, 0.25) is 0 Å². The minimum Gasteiger partial charge on any atom is -0.494 e. The van der Waals surface area contributed by atoms with Crippen LogP contribution in [0.4, 0.5) is 5.88 Å². The first-order chi connectivity index (χ1) is 16.0. The Morgan fingerprint density at radius 2 is 1.91 bits per heavy atom. The summed E-state index contributed by atoms with van der Waals surface area (Å²) in [4.78, 5) is 12.7. The van der Waals surface area contributed by atoms with Crippen LogP contribution in [0, 0.1) is 6.92 Å². The lowest BCUT2D eigenvalue weighted by molar-refractivity contribution is -0.115. The average molecular weight is 464 g/mol. The second kappa shape index (κ2) is 10.4. The second-order valence-corrected chi connectivity index (χ2v) is 8.71. The molecule has 0 saturated carbocycles. The third-order valence-corrected chi connectivity index (χ3v) is 5.88. The Hall–Kier alpha value is -3.59. The van der Waals surface area contributed by atoms with Crippen molar-refractivity contribution in [3.05, 3.63) is 77.7 Å². The van der Waals surface area contributed by atoms with Gasteiger partial charge in [0, 0.05) is 18.2 Å². The van der Waals surface area contributed by atoms with Crippen molar-refractivity contribution < 1.29 is 14.1 Å². The van der Waals surface area contributed by atoms with E-state index in [1.807, 2.05) is 60.9 Å². The number of ether oxygens (including phenoxy) is 1. The van der Waals surface area contributed by atoms with Gasteiger partial charge in [-0.1, -0.05) is 47.3 Å². The molecule has 8 nitrogen and oxygen atoms in total. The Morgan fingerprint density at radius 1 is 1.15 bits per heavy atom. The molecule has 4 aromatic rings. The molecule has 0 bridgehead atoms. The molecular weight excluding hydrogens is 438 g/mol. The minimum atomic E-state index is -0.439.